The van der Waals surface area contributed by atoms with Crippen LogP contribution in [0.4, 0.5) is 5.82 Å². The van der Waals surface area contributed by atoms with E-state index in [2.05, 4.69) is 20.7 Å². The van der Waals surface area contributed by atoms with Crippen molar-refractivity contribution in [1.29, 1.82) is 0 Å². The molecule has 16 heavy (non-hydrogen) atoms. The van der Waals surface area contributed by atoms with Gasteiger partial charge in [0.2, 0.25) is 0 Å². The van der Waals surface area contributed by atoms with Crippen LogP contribution in [0.1, 0.15) is 0 Å². The number of hydrogen-bond donors (Lipinski definition) is 2. The molecule has 2 aromatic heterocycles. The van der Waals surface area contributed by atoms with Gasteiger partial charge in [0, 0.05) is 0 Å². The third-order valence-electron chi connectivity index (χ3n) is 2.18. The fraction of sp³-hybridized carbons (Fsp3) is 0.250. The van der Waals surface area contributed by atoms with E-state index in [1.807, 2.05) is 0 Å². The molecule has 0 saturated carbocycles. The number of imidazole rings is 1. The molecular weight excluding hydrogens is 212 g/mol. The first-order valence-electron chi connectivity index (χ1n) is 4.55. The summed E-state index contributed by atoms with van der Waals surface area (Å²) < 4.78 is 1.56. The van der Waals surface area contributed by atoms with E-state index in [-0.39, 0.29) is 12.4 Å². The van der Waals surface area contributed by atoms with Gasteiger partial charge in [-0.05, 0) is 0 Å². The predicted molar refractivity (Wildman–Crippen MR) is 51.4 cm³/mol. The van der Waals surface area contributed by atoms with Crippen molar-refractivity contribution < 1.29 is 15.6 Å². The van der Waals surface area contributed by atoms with Crippen molar-refractivity contribution in [3.05, 3.63) is 12.7 Å². The largest absolute Gasteiger partial charge is 0.544 e. The van der Waals surface area contributed by atoms with E-state index < -0.39 is 12.0 Å². The number of aliphatic carboxylic acids is 1. The highest BCUT2D eigenvalue weighted by Gasteiger charge is 2.13. The Morgan fingerprint density at radius 1 is 1.56 bits per heavy atom. The number of rotatable bonds is 3. The van der Waals surface area contributed by atoms with Crippen molar-refractivity contribution in [2.45, 2.75) is 12.6 Å². The topological polar surface area (TPSA) is 137 Å². The lowest BCUT2D eigenvalue weighted by molar-refractivity contribution is -0.439. The Morgan fingerprint density at radius 3 is 3.00 bits per heavy atom. The van der Waals surface area contributed by atoms with E-state index in [0.717, 1.165) is 0 Å². The molecule has 84 valence electrons. The minimum Gasteiger partial charge on any atom is -0.544 e. The van der Waals surface area contributed by atoms with E-state index in [1.165, 1.54) is 12.7 Å². The van der Waals surface area contributed by atoms with Gasteiger partial charge in [0.05, 0.1) is 12.9 Å². The second kappa shape index (κ2) is 3.74. The number of nitrogen functional groups attached to an aromatic ring is 1. The van der Waals surface area contributed by atoms with Gasteiger partial charge in [-0.2, -0.15) is 0 Å². The van der Waals surface area contributed by atoms with E-state index in [1.54, 1.807) is 4.57 Å². The molecule has 8 nitrogen and oxygen atoms in total. The van der Waals surface area contributed by atoms with Gasteiger partial charge in [0.15, 0.2) is 11.5 Å². The van der Waals surface area contributed by atoms with Gasteiger partial charge in [-0.15, -0.1) is 0 Å². The molecule has 5 N–H and O–H groups in total. The second-order valence-corrected chi connectivity index (χ2v) is 3.34. The molecule has 0 aliphatic rings. The summed E-state index contributed by atoms with van der Waals surface area (Å²) >= 11 is 0. The maximum atomic E-state index is 10.6. The average molecular weight is 222 g/mol. The second-order valence-electron chi connectivity index (χ2n) is 3.34. The summed E-state index contributed by atoms with van der Waals surface area (Å²) in [6.45, 7) is 0.134. The molecule has 0 saturated heterocycles. The van der Waals surface area contributed by atoms with Gasteiger partial charge < -0.3 is 25.9 Å². The zero-order chi connectivity index (χ0) is 11.7. The summed E-state index contributed by atoms with van der Waals surface area (Å²) in [6.07, 6.45) is 2.75. The first-order chi connectivity index (χ1) is 7.59. The lowest BCUT2D eigenvalue weighted by Crippen LogP contribution is -2.69. The number of carboxylic acids is 1. The van der Waals surface area contributed by atoms with Crippen molar-refractivity contribution in [1.82, 2.24) is 19.5 Å². The van der Waals surface area contributed by atoms with Gasteiger partial charge in [0.1, 0.15) is 23.9 Å². The molecule has 0 radical (unpaired) electrons. The molecule has 0 unspecified atom stereocenters. The standard InChI is InChI=1S/C8H10N6O2/c9-4(8(15)16)1-14-3-13-5-6(10)11-2-12-7(5)14/h2-4H,1,9H2,(H,15,16)(H2,10,11,12)/t4-/m0/s1. The zero-order valence-corrected chi connectivity index (χ0v) is 8.33. The number of fused-ring (bicyclic) bond motifs is 1. The number of anilines is 1. The molecule has 2 aromatic rings. The van der Waals surface area contributed by atoms with Crippen LogP contribution in [0, 0.1) is 0 Å². The number of hydrogen-bond acceptors (Lipinski definition) is 6. The summed E-state index contributed by atoms with van der Waals surface area (Å²) in [5.41, 5.74) is 9.99. The highest BCUT2D eigenvalue weighted by Crippen LogP contribution is 2.13. The van der Waals surface area contributed by atoms with Crippen LogP contribution in [0.15, 0.2) is 12.7 Å². The Kier molecular flexibility index (Phi) is 2.41. The molecule has 2 rings (SSSR count). The maximum Gasteiger partial charge on any atom is 0.165 e. The highest BCUT2D eigenvalue weighted by atomic mass is 16.4. The number of carboxylic acid groups (broad SMARTS) is 1. The average Bonchev–Trinajstić information content (AvgIpc) is 2.63. The lowest BCUT2D eigenvalue weighted by Gasteiger charge is -2.09. The quantitative estimate of drug-likeness (QED) is 0.560. The Morgan fingerprint density at radius 2 is 2.31 bits per heavy atom. The van der Waals surface area contributed by atoms with Crippen LogP contribution < -0.4 is 16.6 Å². The molecule has 0 fully saturated rings. The first-order valence-corrected chi connectivity index (χ1v) is 4.55. The smallest absolute Gasteiger partial charge is 0.165 e. The number of aromatic nitrogens is 4. The van der Waals surface area contributed by atoms with Crippen LogP contribution in [0.25, 0.3) is 11.2 Å². The zero-order valence-electron chi connectivity index (χ0n) is 8.33. The minimum absolute atomic E-state index is 0.134. The maximum absolute atomic E-state index is 10.6. The number of carbonyl (C=O) groups excluding carboxylic acids is 1. The summed E-state index contributed by atoms with van der Waals surface area (Å²) in [7, 11) is 0. The third-order valence-corrected chi connectivity index (χ3v) is 2.18. The predicted octanol–water partition coefficient (Wildman–Crippen LogP) is -3.23. The highest BCUT2D eigenvalue weighted by molar-refractivity contribution is 5.81. The van der Waals surface area contributed by atoms with E-state index in [0.29, 0.717) is 11.2 Å². The normalized spacial score (nSPS) is 12.8. The minimum atomic E-state index is -1.22. The van der Waals surface area contributed by atoms with Crippen LogP contribution in [0.3, 0.4) is 0 Å². The fourth-order valence-corrected chi connectivity index (χ4v) is 1.34. The summed E-state index contributed by atoms with van der Waals surface area (Å²) in [6, 6.07) is -0.867. The third kappa shape index (κ3) is 1.65. The number of quaternary nitrogens is 1. The van der Waals surface area contributed by atoms with Crippen molar-refractivity contribution >= 4 is 23.0 Å². The molecular formula is C8H10N6O2. The van der Waals surface area contributed by atoms with Crippen molar-refractivity contribution in [3.8, 4) is 0 Å². The molecule has 1 atom stereocenters. The molecule has 0 bridgehead atoms. The molecule has 0 aliphatic carbocycles. The monoisotopic (exact) mass is 222 g/mol. The Balaban J connectivity index is 2.39. The van der Waals surface area contributed by atoms with Crippen molar-refractivity contribution in [2.24, 2.45) is 0 Å². The SMILES string of the molecule is Nc1ncnc2c1ncn2C[C@H]([NH3+])C(=O)[O-]. The molecule has 0 aliphatic heterocycles. The van der Waals surface area contributed by atoms with Gasteiger partial charge in [-0.3, -0.25) is 0 Å². The Bertz CT molecular complexity index is 536. The van der Waals surface area contributed by atoms with Crippen LogP contribution in [-0.4, -0.2) is 31.5 Å². The van der Waals surface area contributed by atoms with Crippen LogP contribution in [0.2, 0.25) is 0 Å². The van der Waals surface area contributed by atoms with Gasteiger partial charge in [0.25, 0.3) is 0 Å². The fourth-order valence-electron chi connectivity index (χ4n) is 1.34. The Labute approximate surface area is 89.9 Å². The molecule has 0 spiro atoms. The number of carbonyl (C=O) groups is 1. The number of nitrogens with zero attached hydrogens (tertiary/aromatic N) is 4. The summed E-state index contributed by atoms with van der Waals surface area (Å²) in [5.74, 6) is -0.957. The van der Waals surface area contributed by atoms with E-state index in [9.17, 15) is 9.90 Å². The Hall–Kier alpha value is -2.22. The van der Waals surface area contributed by atoms with E-state index >= 15 is 0 Å². The first kappa shape index (κ1) is 10.3. The van der Waals surface area contributed by atoms with Crippen LogP contribution in [0.5, 0.6) is 0 Å². The summed E-state index contributed by atoms with van der Waals surface area (Å²) in [4.78, 5) is 22.3. The molecule has 2 heterocycles. The van der Waals surface area contributed by atoms with Crippen LogP contribution in [-0.2, 0) is 11.3 Å². The lowest BCUT2D eigenvalue weighted by atomic mass is 10.3. The molecule has 0 aromatic carbocycles. The van der Waals surface area contributed by atoms with E-state index in [4.69, 9.17) is 5.73 Å². The van der Waals surface area contributed by atoms with Gasteiger partial charge in [-0.1, -0.05) is 0 Å². The van der Waals surface area contributed by atoms with Gasteiger partial charge in [-0.25, -0.2) is 15.0 Å². The number of nitrogens with two attached hydrogens (primary N) is 1. The molecule has 8 heteroatoms. The molecule has 0 amide bonds. The van der Waals surface area contributed by atoms with Crippen molar-refractivity contribution in [2.75, 3.05) is 5.73 Å². The van der Waals surface area contributed by atoms with Crippen molar-refractivity contribution in [3.63, 3.8) is 0 Å². The van der Waals surface area contributed by atoms with Crippen LogP contribution >= 0.6 is 0 Å². The van der Waals surface area contributed by atoms with Gasteiger partial charge >= 0.3 is 0 Å². The summed E-state index contributed by atoms with van der Waals surface area (Å²) in [5, 5.41) is 10.6.